The molecule has 0 bridgehead atoms. The maximum Gasteiger partial charge on any atom is 0.193 e. The molecule has 0 radical (unpaired) electrons. The van der Waals surface area contributed by atoms with Crippen molar-refractivity contribution < 1.29 is 4.52 Å². The van der Waals surface area contributed by atoms with Crippen LogP contribution in [0.4, 0.5) is 0 Å². The Kier molecular flexibility index (Phi) is 6.79. The fourth-order valence-corrected chi connectivity index (χ4v) is 4.36. The van der Waals surface area contributed by atoms with E-state index in [1.54, 1.807) is 6.26 Å². The number of aromatic nitrogens is 1. The molecular formula is C22H32N6O. The molecule has 2 aliphatic heterocycles. The van der Waals surface area contributed by atoms with Crippen molar-refractivity contribution in [1.82, 2.24) is 25.2 Å². The highest BCUT2D eigenvalue weighted by Crippen LogP contribution is 2.19. The third kappa shape index (κ3) is 5.36. The molecule has 156 valence electrons. The number of hydrogen-bond acceptors (Lipinski definition) is 5. The highest BCUT2D eigenvalue weighted by molar-refractivity contribution is 5.80. The van der Waals surface area contributed by atoms with Crippen LogP contribution in [0.15, 0.2) is 52.2 Å². The molecule has 1 N–H and O–H groups in total. The van der Waals surface area contributed by atoms with Crippen LogP contribution in [0.1, 0.15) is 24.1 Å². The van der Waals surface area contributed by atoms with Crippen LogP contribution in [0.25, 0.3) is 0 Å². The standard InChI is InChI=1S/C22H32N6O/c1-23-22(27-13-11-26(12-14-27)18-20-9-15-29-25-20)24-16-21-8-5-10-28(21)17-19-6-3-2-4-7-19/h2-4,6-7,9,15,21H,5,8,10-14,16-18H2,1H3,(H,23,24). The van der Waals surface area contributed by atoms with Gasteiger partial charge in [-0.05, 0) is 24.9 Å². The van der Waals surface area contributed by atoms with E-state index in [4.69, 9.17) is 4.52 Å². The molecule has 2 aliphatic rings. The molecule has 29 heavy (non-hydrogen) atoms. The van der Waals surface area contributed by atoms with Gasteiger partial charge in [-0.3, -0.25) is 14.8 Å². The third-order valence-corrected chi connectivity index (χ3v) is 5.98. The molecule has 0 saturated carbocycles. The Morgan fingerprint density at radius 3 is 2.66 bits per heavy atom. The Bertz CT molecular complexity index is 755. The second-order valence-corrected chi connectivity index (χ2v) is 7.93. The lowest BCUT2D eigenvalue weighted by Gasteiger charge is -2.36. The molecular weight excluding hydrogens is 364 g/mol. The lowest BCUT2D eigenvalue weighted by Crippen LogP contribution is -2.53. The molecule has 2 fully saturated rings. The fraction of sp³-hybridized carbons (Fsp3) is 0.545. The molecule has 3 heterocycles. The van der Waals surface area contributed by atoms with E-state index in [1.165, 1.54) is 24.9 Å². The largest absolute Gasteiger partial charge is 0.364 e. The monoisotopic (exact) mass is 396 g/mol. The molecule has 7 nitrogen and oxygen atoms in total. The summed E-state index contributed by atoms with van der Waals surface area (Å²) in [4.78, 5) is 11.9. The van der Waals surface area contributed by atoms with Crippen molar-refractivity contribution in [2.75, 3.05) is 46.3 Å². The Balaban J connectivity index is 1.24. The third-order valence-electron chi connectivity index (χ3n) is 5.98. The van der Waals surface area contributed by atoms with Crippen LogP contribution in [0, 0.1) is 0 Å². The Labute approximate surface area is 173 Å². The summed E-state index contributed by atoms with van der Waals surface area (Å²) in [5.74, 6) is 1.03. The molecule has 0 aliphatic carbocycles. The minimum absolute atomic E-state index is 0.570. The predicted molar refractivity (Wildman–Crippen MR) is 115 cm³/mol. The summed E-state index contributed by atoms with van der Waals surface area (Å²) in [7, 11) is 1.89. The van der Waals surface area contributed by atoms with E-state index in [9.17, 15) is 0 Å². The van der Waals surface area contributed by atoms with Gasteiger partial charge in [0.1, 0.15) is 6.26 Å². The number of nitrogens with one attached hydrogen (secondary N) is 1. The second-order valence-electron chi connectivity index (χ2n) is 7.93. The minimum atomic E-state index is 0.570. The van der Waals surface area contributed by atoms with Crippen molar-refractivity contribution in [3.8, 4) is 0 Å². The normalized spacial score (nSPS) is 21.6. The number of rotatable bonds is 6. The molecule has 7 heteroatoms. The van der Waals surface area contributed by atoms with Gasteiger partial charge in [0.05, 0.1) is 5.69 Å². The van der Waals surface area contributed by atoms with Crippen molar-refractivity contribution >= 4 is 5.96 Å². The van der Waals surface area contributed by atoms with Gasteiger partial charge in [-0.25, -0.2) is 0 Å². The van der Waals surface area contributed by atoms with Crippen LogP contribution in [0.2, 0.25) is 0 Å². The molecule has 1 aromatic carbocycles. The first-order chi connectivity index (χ1) is 14.3. The number of piperazine rings is 1. The predicted octanol–water partition coefficient (Wildman–Crippen LogP) is 2.03. The number of nitrogens with zero attached hydrogens (tertiary/aromatic N) is 5. The van der Waals surface area contributed by atoms with E-state index in [0.29, 0.717) is 6.04 Å². The SMILES string of the molecule is CN=C(NCC1CCCN1Cc1ccccc1)N1CCN(Cc2ccon2)CC1. The van der Waals surface area contributed by atoms with Gasteiger partial charge < -0.3 is 14.7 Å². The Hall–Kier alpha value is -2.38. The van der Waals surface area contributed by atoms with Gasteiger partial charge in [-0.15, -0.1) is 0 Å². The fourth-order valence-electron chi connectivity index (χ4n) is 4.36. The highest BCUT2D eigenvalue weighted by Gasteiger charge is 2.26. The molecule has 1 atom stereocenters. The molecule has 4 rings (SSSR count). The summed E-state index contributed by atoms with van der Waals surface area (Å²) in [5.41, 5.74) is 2.40. The second kappa shape index (κ2) is 9.89. The average Bonchev–Trinajstić information content (AvgIpc) is 3.43. The average molecular weight is 397 g/mol. The number of likely N-dealkylation sites (tertiary alicyclic amines) is 1. The van der Waals surface area contributed by atoms with Crippen molar-refractivity contribution in [3.63, 3.8) is 0 Å². The number of aliphatic imine (C=N–C) groups is 1. The first-order valence-electron chi connectivity index (χ1n) is 10.7. The van der Waals surface area contributed by atoms with E-state index in [0.717, 1.165) is 57.5 Å². The summed E-state index contributed by atoms with van der Waals surface area (Å²) in [6.07, 6.45) is 4.17. The van der Waals surface area contributed by atoms with E-state index < -0.39 is 0 Å². The van der Waals surface area contributed by atoms with E-state index in [1.807, 2.05) is 13.1 Å². The maximum absolute atomic E-state index is 4.94. The molecule has 2 aromatic rings. The number of hydrogen-bond donors (Lipinski definition) is 1. The van der Waals surface area contributed by atoms with E-state index in [2.05, 4.69) is 60.5 Å². The maximum atomic E-state index is 4.94. The van der Waals surface area contributed by atoms with Crippen LogP contribution < -0.4 is 5.32 Å². The summed E-state index contributed by atoms with van der Waals surface area (Å²) >= 11 is 0. The quantitative estimate of drug-likeness (QED) is 0.596. The zero-order valence-electron chi connectivity index (χ0n) is 17.3. The first kappa shape index (κ1) is 19.9. The Morgan fingerprint density at radius 2 is 1.93 bits per heavy atom. The summed E-state index contributed by atoms with van der Waals surface area (Å²) in [6, 6.07) is 13.3. The molecule has 0 amide bonds. The van der Waals surface area contributed by atoms with Crippen LogP contribution in [-0.4, -0.2) is 78.2 Å². The number of guanidine groups is 1. The van der Waals surface area contributed by atoms with Crippen molar-refractivity contribution in [2.45, 2.75) is 32.0 Å². The lowest BCUT2D eigenvalue weighted by molar-refractivity contribution is 0.168. The zero-order valence-corrected chi connectivity index (χ0v) is 17.3. The summed E-state index contributed by atoms with van der Waals surface area (Å²) in [5, 5.41) is 7.67. The zero-order chi connectivity index (χ0) is 19.9. The lowest BCUT2D eigenvalue weighted by atomic mass is 10.2. The number of benzene rings is 1. The molecule has 2 saturated heterocycles. The Morgan fingerprint density at radius 1 is 1.10 bits per heavy atom. The van der Waals surface area contributed by atoms with Gasteiger partial charge in [0, 0.05) is 65.0 Å². The van der Waals surface area contributed by atoms with Gasteiger partial charge >= 0.3 is 0 Å². The van der Waals surface area contributed by atoms with Crippen LogP contribution in [-0.2, 0) is 13.1 Å². The van der Waals surface area contributed by atoms with E-state index in [-0.39, 0.29) is 0 Å². The van der Waals surface area contributed by atoms with Crippen molar-refractivity contribution in [2.24, 2.45) is 4.99 Å². The van der Waals surface area contributed by atoms with Crippen LogP contribution in [0.3, 0.4) is 0 Å². The summed E-state index contributed by atoms with van der Waals surface area (Å²) in [6.45, 7) is 8.01. The van der Waals surface area contributed by atoms with Gasteiger partial charge in [0.2, 0.25) is 0 Å². The van der Waals surface area contributed by atoms with Gasteiger partial charge in [0.15, 0.2) is 5.96 Å². The molecule has 1 aromatic heterocycles. The van der Waals surface area contributed by atoms with Crippen LogP contribution >= 0.6 is 0 Å². The minimum Gasteiger partial charge on any atom is -0.364 e. The van der Waals surface area contributed by atoms with Crippen molar-refractivity contribution in [1.29, 1.82) is 0 Å². The highest BCUT2D eigenvalue weighted by atomic mass is 16.5. The smallest absolute Gasteiger partial charge is 0.193 e. The van der Waals surface area contributed by atoms with Gasteiger partial charge in [-0.1, -0.05) is 35.5 Å². The van der Waals surface area contributed by atoms with Gasteiger partial charge in [-0.2, -0.15) is 0 Å². The summed E-state index contributed by atoms with van der Waals surface area (Å²) < 4.78 is 4.94. The first-order valence-corrected chi connectivity index (χ1v) is 10.7. The van der Waals surface area contributed by atoms with E-state index >= 15 is 0 Å². The molecule has 0 spiro atoms. The van der Waals surface area contributed by atoms with Crippen molar-refractivity contribution in [3.05, 3.63) is 53.9 Å². The van der Waals surface area contributed by atoms with Crippen LogP contribution in [0.5, 0.6) is 0 Å². The molecule has 1 unspecified atom stereocenters. The van der Waals surface area contributed by atoms with Gasteiger partial charge in [0.25, 0.3) is 0 Å². The topological polar surface area (TPSA) is 60.1 Å².